The first-order valence-corrected chi connectivity index (χ1v) is 14.1. The van der Waals surface area contributed by atoms with Crippen LogP contribution in [-0.2, 0) is 26.3 Å². The van der Waals surface area contributed by atoms with E-state index in [4.69, 9.17) is 4.18 Å². The number of carbonyl (C=O) groups excluding carboxylic acids is 3. The second-order valence-corrected chi connectivity index (χ2v) is 11.3. The molecule has 1 saturated heterocycles. The Bertz CT molecular complexity index is 1730. The molecule has 5 rings (SSSR count). The van der Waals surface area contributed by atoms with Gasteiger partial charge in [-0.25, -0.2) is 0 Å². The molecule has 1 fully saturated rings. The van der Waals surface area contributed by atoms with Gasteiger partial charge in [-0.2, -0.15) is 8.42 Å². The van der Waals surface area contributed by atoms with Crippen LogP contribution in [-0.4, -0.2) is 30.4 Å². The molecular formula is C29H22N2O6S2. The summed E-state index contributed by atoms with van der Waals surface area (Å²) >= 11 is 0.861. The van der Waals surface area contributed by atoms with E-state index in [0.717, 1.165) is 28.1 Å². The van der Waals surface area contributed by atoms with Crippen molar-refractivity contribution in [1.29, 1.82) is 0 Å². The molecule has 0 radical (unpaired) electrons. The first-order valence-electron chi connectivity index (χ1n) is 11.8. The zero-order valence-electron chi connectivity index (χ0n) is 20.7. The summed E-state index contributed by atoms with van der Waals surface area (Å²) < 4.78 is 30.5. The number of anilines is 1. The number of rotatable bonds is 7. The van der Waals surface area contributed by atoms with Crippen LogP contribution in [0.2, 0.25) is 0 Å². The molecule has 8 nitrogen and oxygen atoms in total. The molecule has 0 atom stereocenters. The van der Waals surface area contributed by atoms with Crippen LogP contribution in [0.1, 0.15) is 18.1 Å². The summed E-state index contributed by atoms with van der Waals surface area (Å²) in [5.41, 5.74) is 1.92. The molecule has 196 valence electrons. The summed E-state index contributed by atoms with van der Waals surface area (Å²) in [6, 6.07) is 25.4. The number of hydrogen-bond acceptors (Lipinski definition) is 7. The van der Waals surface area contributed by atoms with E-state index < -0.39 is 10.1 Å². The molecule has 1 N–H and O–H groups in total. The highest BCUT2D eigenvalue weighted by Crippen LogP contribution is 2.34. The molecule has 0 bridgehead atoms. The van der Waals surface area contributed by atoms with Crippen molar-refractivity contribution in [2.24, 2.45) is 0 Å². The average molecular weight is 559 g/mol. The zero-order chi connectivity index (χ0) is 27.6. The Labute approximate surface area is 229 Å². The zero-order valence-corrected chi connectivity index (χ0v) is 22.3. The van der Waals surface area contributed by atoms with Crippen LogP contribution < -0.4 is 9.50 Å². The first kappa shape index (κ1) is 26.2. The number of nitrogens with one attached hydrogen (secondary N) is 1. The van der Waals surface area contributed by atoms with Gasteiger partial charge in [0, 0.05) is 12.6 Å². The van der Waals surface area contributed by atoms with Crippen molar-refractivity contribution in [3.8, 4) is 5.75 Å². The van der Waals surface area contributed by atoms with E-state index in [1.807, 2.05) is 42.5 Å². The Morgan fingerprint density at radius 2 is 1.62 bits per heavy atom. The molecule has 0 saturated carbocycles. The van der Waals surface area contributed by atoms with Crippen LogP contribution in [0, 0.1) is 0 Å². The maximum Gasteiger partial charge on any atom is 0.339 e. The van der Waals surface area contributed by atoms with Gasteiger partial charge in [-0.1, -0.05) is 48.5 Å². The van der Waals surface area contributed by atoms with Gasteiger partial charge in [0.25, 0.3) is 11.1 Å². The summed E-state index contributed by atoms with van der Waals surface area (Å²) in [4.78, 5) is 38.1. The third-order valence-corrected chi connectivity index (χ3v) is 8.04. The standard InChI is InChI=1S/C29H22N2O6S2/c1-19(32)30-24-10-14-26(15-11-24)39(35,36)37-25-12-7-20(8-13-25)17-27-28(33)31(29(34)38-27)18-21-6-9-22-4-2-3-5-23(22)16-21/h2-17H,18H2,1H3,(H,30,32)/b27-17-. The van der Waals surface area contributed by atoms with Crippen molar-refractivity contribution in [2.45, 2.75) is 18.4 Å². The van der Waals surface area contributed by atoms with Gasteiger partial charge in [-0.05, 0) is 82.2 Å². The number of amides is 3. The molecule has 4 aromatic carbocycles. The van der Waals surface area contributed by atoms with E-state index in [0.29, 0.717) is 11.3 Å². The van der Waals surface area contributed by atoms with E-state index in [-0.39, 0.29) is 39.1 Å². The first-order chi connectivity index (χ1) is 18.7. The fraction of sp³-hybridized carbons (Fsp3) is 0.0690. The lowest BCUT2D eigenvalue weighted by Crippen LogP contribution is -2.27. The summed E-state index contributed by atoms with van der Waals surface area (Å²) in [5, 5.41) is 4.32. The van der Waals surface area contributed by atoms with Crippen LogP contribution in [0.25, 0.3) is 16.8 Å². The highest BCUT2D eigenvalue weighted by atomic mass is 32.2. The smallest absolute Gasteiger partial charge is 0.339 e. The van der Waals surface area contributed by atoms with Gasteiger partial charge in [0.15, 0.2) is 0 Å². The Hall–Kier alpha value is -4.41. The number of fused-ring (bicyclic) bond motifs is 1. The van der Waals surface area contributed by atoms with Crippen molar-refractivity contribution >= 4 is 61.5 Å². The molecule has 39 heavy (non-hydrogen) atoms. The van der Waals surface area contributed by atoms with Crippen molar-refractivity contribution in [3.05, 3.63) is 107 Å². The molecule has 0 spiro atoms. The summed E-state index contributed by atoms with van der Waals surface area (Å²) in [7, 11) is -4.10. The number of imide groups is 1. The molecule has 0 aliphatic carbocycles. The van der Waals surface area contributed by atoms with Gasteiger partial charge in [-0.3, -0.25) is 19.3 Å². The van der Waals surface area contributed by atoms with Crippen molar-refractivity contribution in [3.63, 3.8) is 0 Å². The SMILES string of the molecule is CC(=O)Nc1ccc(S(=O)(=O)Oc2ccc(/C=C3\SC(=O)N(Cc4ccc5ccccc5c4)C3=O)cc2)cc1. The highest BCUT2D eigenvalue weighted by Gasteiger charge is 2.35. The number of benzene rings is 4. The number of nitrogens with zero attached hydrogens (tertiary/aromatic N) is 1. The van der Waals surface area contributed by atoms with E-state index in [1.165, 1.54) is 48.2 Å². The highest BCUT2D eigenvalue weighted by molar-refractivity contribution is 8.18. The fourth-order valence-corrected chi connectivity index (χ4v) is 5.78. The van der Waals surface area contributed by atoms with Crippen LogP contribution in [0.15, 0.2) is 101 Å². The van der Waals surface area contributed by atoms with Crippen molar-refractivity contribution in [2.75, 3.05) is 5.32 Å². The topological polar surface area (TPSA) is 110 Å². The molecule has 0 aromatic heterocycles. The molecule has 3 amide bonds. The summed E-state index contributed by atoms with van der Waals surface area (Å²) in [5.74, 6) is -0.567. The second kappa shape index (κ2) is 10.8. The fourth-order valence-electron chi connectivity index (χ4n) is 4.01. The van der Waals surface area contributed by atoms with Gasteiger partial charge >= 0.3 is 10.1 Å². The van der Waals surface area contributed by atoms with E-state index in [2.05, 4.69) is 5.32 Å². The Morgan fingerprint density at radius 3 is 2.31 bits per heavy atom. The minimum absolute atomic E-state index is 0.0687. The van der Waals surface area contributed by atoms with Crippen LogP contribution >= 0.6 is 11.8 Å². The normalized spacial score (nSPS) is 14.7. The lowest BCUT2D eigenvalue weighted by molar-refractivity contribution is -0.123. The molecule has 1 aliphatic rings. The lowest BCUT2D eigenvalue weighted by atomic mass is 10.1. The van der Waals surface area contributed by atoms with Crippen LogP contribution in [0.4, 0.5) is 10.5 Å². The maximum atomic E-state index is 13.0. The number of thioether (sulfide) groups is 1. The Morgan fingerprint density at radius 1 is 0.923 bits per heavy atom. The Kier molecular flexibility index (Phi) is 7.23. The number of hydrogen-bond donors (Lipinski definition) is 1. The lowest BCUT2D eigenvalue weighted by Gasteiger charge is -2.13. The summed E-state index contributed by atoms with van der Waals surface area (Å²) in [6.45, 7) is 1.53. The van der Waals surface area contributed by atoms with Gasteiger partial charge in [0.2, 0.25) is 5.91 Å². The predicted octanol–water partition coefficient (Wildman–Crippen LogP) is 5.80. The van der Waals surface area contributed by atoms with E-state index >= 15 is 0 Å². The number of carbonyl (C=O) groups is 3. The van der Waals surface area contributed by atoms with Crippen LogP contribution in [0.5, 0.6) is 5.75 Å². The third-order valence-electron chi connectivity index (χ3n) is 5.88. The van der Waals surface area contributed by atoms with Crippen molar-refractivity contribution < 1.29 is 27.0 Å². The van der Waals surface area contributed by atoms with Gasteiger partial charge in [-0.15, -0.1) is 0 Å². The second-order valence-electron chi connectivity index (χ2n) is 8.76. The maximum absolute atomic E-state index is 13.0. The quantitative estimate of drug-likeness (QED) is 0.225. The molecule has 4 aromatic rings. The van der Waals surface area contributed by atoms with E-state index in [9.17, 15) is 22.8 Å². The van der Waals surface area contributed by atoms with Crippen molar-refractivity contribution in [1.82, 2.24) is 4.90 Å². The van der Waals surface area contributed by atoms with Gasteiger partial charge in [0.05, 0.1) is 11.4 Å². The van der Waals surface area contributed by atoms with E-state index in [1.54, 1.807) is 18.2 Å². The van der Waals surface area contributed by atoms with Gasteiger partial charge < -0.3 is 9.50 Å². The van der Waals surface area contributed by atoms with Crippen LogP contribution in [0.3, 0.4) is 0 Å². The molecular weight excluding hydrogens is 536 g/mol. The minimum Gasteiger partial charge on any atom is -0.379 e. The minimum atomic E-state index is -4.10. The average Bonchev–Trinajstić information content (AvgIpc) is 3.17. The molecule has 10 heteroatoms. The molecule has 1 heterocycles. The Balaban J connectivity index is 1.26. The van der Waals surface area contributed by atoms with Gasteiger partial charge in [0.1, 0.15) is 10.6 Å². The molecule has 0 unspecified atom stereocenters. The molecule has 1 aliphatic heterocycles. The largest absolute Gasteiger partial charge is 0.379 e. The third kappa shape index (κ3) is 6.02. The monoisotopic (exact) mass is 558 g/mol. The summed E-state index contributed by atoms with van der Waals surface area (Å²) in [6.07, 6.45) is 1.59. The predicted molar refractivity (Wildman–Crippen MR) is 150 cm³/mol.